The molecule has 0 aliphatic rings. The Balaban J connectivity index is 2.06. The van der Waals surface area contributed by atoms with E-state index in [1.165, 1.54) is 0 Å². The van der Waals surface area contributed by atoms with E-state index in [1.807, 2.05) is 12.1 Å². The second-order valence-corrected chi connectivity index (χ2v) is 5.82. The van der Waals surface area contributed by atoms with Gasteiger partial charge in [-0.2, -0.15) is 0 Å². The smallest absolute Gasteiger partial charge is 0.0632 e. The van der Waals surface area contributed by atoms with E-state index < -0.39 is 10.8 Å². The zero-order chi connectivity index (χ0) is 13.0. The highest BCUT2D eigenvalue weighted by Gasteiger charge is 2.09. The molecule has 0 spiro atoms. The molecular weight excluding hydrogens is 268 g/mol. The van der Waals surface area contributed by atoms with Gasteiger partial charge in [0.15, 0.2) is 0 Å². The van der Waals surface area contributed by atoms with Gasteiger partial charge in [-0.1, -0.05) is 17.7 Å². The van der Waals surface area contributed by atoms with Gasteiger partial charge in [-0.15, -0.1) is 0 Å². The topological polar surface area (TPSA) is 56.0 Å². The minimum absolute atomic E-state index is 0.510. The average molecular weight is 281 g/mol. The zero-order valence-corrected chi connectivity index (χ0v) is 11.2. The summed E-state index contributed by atoms with van der Waals surface area (Å²) in [6, 6.07) is 8.87. The molecule has 5 heteroatoms. The summed E-state index contributed by atoms with van der Waals surface area (Å²) >= 11 is 5.88. The molecule has 1 aromatic carbocycles. The molecule has 0 saturated heterocycles. The summed E-state index contributed by atoms with van der Waals surface area (Å²) in [7, 11) is -1.14. The van der Waals surface area contributed by atoms with Crippen molar-refractivity contribution >= 4 is 28.1 Å². The molecule has 1 atom stereocenters. The number of rotatable bonds is 4. The standard InChI is InChI=1S/C13H13ClN2OS/c14-11-3-4-12(15)13(8-11)18(17)7-5-10-2-1-6-16-9-10/h1-4,6,8-9H,5,7,15H2. The fourth-order valence-corrected chi connectivity index (χ4v) is 3.04. The molecule has 0 aliphatic carbocycles. The third-order valence-electron chi connectivity index (χ3n) is 2.52. The molecule has 3 nitrogen and oxygen atoms in total. The predicted molar refractivity (Wildman–Crippen MR) is 75.1 cm³/mol. The van der Waals surface area contributed by atoms with Crippen LogP contribution in [-0.2, 0) is 17.2 Å². The molecule has 0 saturated carbocycles. The largest absolute Gasteiger partial charge is 0.398 e. The Hall–Kier alpha value is -1.39. The summed E-state index contributed by atoms with van der Waals surface area (Å²) in [5.74, 6) is 0.510. The second-order valence-electron chi connectivity index (χ2n) is 3.84. The first kappa shape index (κ1) is 13.1. The minimum Gasteiger partial charge on any atom is -0.398 e. The van der Waals surface area contributed by atoms with Crippen molar-refractivity contribution in [3.8, 4) is 0 Å². The average Bonchev–Trinajstić information content (AvgIpc) is 2.40. The number of anilines is 1. The van der Waals surface area contributed by atoms with Gasteiger partial charge in [0.25, 0.3) is 0 Å². The van der Waals surface area contributed by atoms with Crippen molar-refractivity contribution in [3.63, 3.8) is 0 Å². The molecule has 0 fully saturated rings. The normalized spacial score (nSPS) is 12.3. The fraction of sp³-hybridized carbons (Fsp3) is 0.154. The van der Waals surface area contributed by atoms with Crippen molar-refractivity contribution in [2.45, 2.75) is 11.3 Å². The highest BCUT2D eigenvalue weighted by atomic mass is 35.5. The molecule has 94 valence electrons. The third-order valence-corrected chi connectivity index (χ3v) is 4.17. The van der Waals surface area contributed by atoms with E-state index in [0.717, 1.165) is 5.56 Å². The molecule has 2 N–H and O–H groups in total. The number of aromatic nitrogens is 1. The van der Waals surface area contributed by atoms with Crippen LogP contribution in [0.5, 0.6) is 0 Å². The lowest BCUT2D eigenvalue weighted by atomic mass is 10.2. The van der Waals surface area contributed by atoms with Crippen LogP contribution in [0.15, 0.2) is 47.6 Å². The lowest BCUT2D eigenvalue weighted by Gasteiger charge is -2.06. The molecule has 18 heavy (non-hydrogen) atoms. The number of aryl methyl sites for hydroxylation is 1. The molecule has 2 aromatic rings. The van der Waals surface area contributed by atoms with Crippen molar-refractivity contribution in [1.82, 2.24) is 4.98 Å². The maximum atomic E-state index is 12.1. The first-order chi connectivity index (χ1) is 8.66. The number of benzene rings is 1. The Morgan fingerprint density at radius 3 is 2.89 bits per heavy atom. The third kappa shape index (κ3) is 3.31. The molecule has 0 bridgehead atoms. The van der Waals surface area contributed by atoms with Crippen LogP contribution in [0.3, 0.4) is 0 Å². The van der Waals surface area contributed by atoms with Crippen LogP contribution in [0.4, 0.5) is 5.69 Å². The van der Waals surface area contributed by atoms with Gasteiger partial charge >= 0.3 is 0 Å². The quantitative estimate of drug-likeness (QED) is 0.876. The Kier molecular flexibility index (Phi) is 4.33. The molecule has 2 rings (SSSR count). The van der Waals surface area contributed by atoms with Crippen LogP contribution >= 0.6 is 11.6 Å². The Morgan fingerprint density at radius 1 is 1.33 bits per heavy atom. The molecule has 1 heterocycles. The first-order valence-corrected chi connectivity index (χ1v) is 7.19. The zero-order valence-electron chi connectivity index (χ0n) is 9.67. The molecular formula is C13H13ClN2OS. The highest BCUT2D eigenvalue weighted by Crippen LogP contribution is 2.21. The number of hydrogen-bond donors (Lipinski definition) is 1. The van der Waals surface area contributed by atoms with Gasteiger partial charge in [-0.05, 0) is 36.2 Å². The number of nitrogen functional groups attached to an aromatic ring is 1. The van der Waals surface area contributed by atoms with E-state index in [4.69, 9.17) is 17.3 Å². The van der Waals surface area contributed by atoms with Crippen LogP contribution < -0.4 is 5.73 Å². The lowest BCUT2D eigenvalue weighted by Crippen LogP contribution is -2.04. The van der Waals surface area contributed by atoms with Gasteiger partial charge in [-0.25, -0.2) is 0 Å². The SMILES string of the molecule is Nc1ccc(Cl)cc1S(=O)CCc1cccnc1. The van der Waals surface area contributed by atoms with Crippen LogP contribution in [-0.4, -0.2) is 14.9 Å². The van der Waals surface area contributed by atoms with E-state index in [0.29, 0.717) is 27.8 Å². The van der Waals surface area contributed by atoms with Crippen LogP contribution in [0.1, 0.15) is 5.56 Å². The van der Waals surface area contributed by atoms with Crippen molar-refractivity contribution < 1.29 is 4.21 Å². The summed E-state index contributed by atoms with van der Waals surface area (Å²) in [5.41, 5.74) is 7.37. The molecule has 0 amide bonds. The number of nitrogens with two attached hydrogens (primary N) is 1. The van der Waals surface area contributed by atoms with E-state index in [-0.39, 0.29) is 0 Å². The van der Waals surface area contributed by atoms with Crippen molar-refractivity contribution in [2.24, 2.45) is 0 Å². The van der Waals surface area contributed by atoms with Crippen LogP contribution in [0.25, 0.3) is 0 Å². The van der Waals surface area contributed by atoms with E-state index in [2.05, 4.69) is 4.98 Å². The van der Waals surface area contributed by atoms with Gasteiger partial charge in [0.1, 0.15) is 0 Å². The molecule has 0 aliphatic heterocycles. The molecule has 0 radical (unpaired) electrons. The summed E-state index contributed by atoms with van der Waals surface area (Å²) in [6.45, 7) is 0. The van der Waals surface area contributed by atoms with E-state index in [9.17, 15) is 4.21 Å². The van der Waals surface area contributed by atoms with Gasteiger partial charge in [0.2, 0.25) is 0 Å². The minimum atomic E-state index is -1.14. The summed E-state index contributed by atoms with van der Waals surface area (Å²) in [5, 5.41) is 0.550. The van der Waals surface area contributed by atoms with E-state index >= 15 is 0 Å². The fourth-order valence-electron chi connectivity index (χ4n) is 1.57. The first-order valence-electron chi connectivity index (χ1n) is 5.49. The van der Waals surface area contributed by atoms with Gasteiger partial charge in [-0.3, -0.25) is 9.19 Å². The Bertz CT molecular complexity index is 560. The van der Waals surface area contributed by atoms with Crippen molar-refractivity contribution in [2.75, 3.05) is 11.5 Å². The number of nitrogens with zero attached hydrogens (tertiary/aromatic N) is 1. The summed E-state index contributed by atoms with van der Waals surface area (Å²) < 4.78 is 12.1. The highest BCUT2D eigenvalue weighted by molar-refractivity contribution is 7.85. The number of halogens is 1. The lowest BCUT2D eigenvalue weighted by molar-refractivity contribution is 0.682. The van der Waals surface area contributed by atoms with Crippen LogP contribution in [0.2, 0.25) is 5.02 Å². The van der Waals surface area contributed by atoms with Gasteiger partial charge < -0.3 is 5.73 Å². The molecule has 1 unspecified atom stereocenters. The Labute approximate surface area is 113 Å². The van der Waals surface area contributed by atoms with Gasteiger partial charge in [0, 0.05) is 28.9 Å². The van der Waals surface area contributed by atoms with Gasteiger partial charge in [0.05, 0.1) is 15.7 Å². The summed E-state index contributed by atoms with van der Waals surface area (Å²) in [6.07, 6.45) is 4.19. The monoisotopic (exact) mass is 280 g/mol. The predicted octanol–water partition coefficient (Wildman–Crippen LogP) is 2.67. The maximum absolute atomic E-state index is 12.1. The number of hydrogen-bond acceptors (Lipinski definition) is 3. The number of pyridine rings is 1. The van der Waals surface area contributed by atoms with Crippen molar-refractivity contribution in [1.29, 1.82) is 0 Å². The van der Waals surface area contributed by atoms with E-state index in [1.54, 1.807) is 30.6 Å². The Morgan fingerprint density at radius 2 is 2.17 bits per heavy atom. The maximum Gasteiger partial charge on any atom is 0.0632 e. The van der Waals surface area contributed by atoms with Crippen LogP contribution in [0, 0.1) is 0 Å². The summed E-state index contributed by atoms with van der Waals surface area (Å²) in [4.78, 5) is 4.63. The molecule has 1 aromatic heterocycles. The van der Waals surface area contributed by atoms with Crippen molar-refractivity contribution in [3.05, 3.63) is 53.3 Å². The second kappa shape index (κ2) is 5.98.